The number of carbonyl (C=O) groups is 2. The Labute approximate surface area is 203 Å². The standard InChI is InChI=1S/C24H22Br2N2O4/c1-16-13-18(25)7-9-21(16)32-15-23(29)27-28-24(30)20-14-19(26)8-10-22(20)31-12-11-17-5-3-2-4-6-17/h2-10,13-14H,11-12,15H2,1H3,(H,27,29)(H,28,30). The number of hydrogen-bond donors (Lipinski definition) is 2. The molecule has 0 unspecified atom stereocenters. The van der Waals surface area contributed by atoms with Gasteiger partial charge in [-0.05, 0) is 54.4 Å². The van der Waals surface area contributed by atoms with Gasteiger partial charge in [-0.3, -0.25) is 20.4 Å². The number of carbonyl (C=O) groups excluding carboxylic acids is 2. The average molecular weight is 562 g/mol. The second-order valence-corrected chi connectivity index (χ2v) is 8.76. The van der Waals surface area contributed by atoms with Gasteiger partial charge in [0.05, 0.1) is 12.2 Å². The molecule has 8 heteroatoms. The summed E-state index contributed by atoms with van der Waals surface area (Å²) in [6, 6.07) is 20.6. The first-order valence-electron chi connectivity index (χ1n) is 9.87. The van der Waals surface area contributed by atoms with Crippen LogP contribution in [0.15, 0.2) is 75.7 Å². The van der Waals surface area contributed by atoms with Crippen LogP contribution in [0.4, 0.5) is 0 Å². The molecule has 3 rings (SSSR count). The van der Waals surface area contributed by atoms with Gasteiger partial charge in [-0.1, -0.05) is 62.2 Å². The molecule has 6 nitrogen and oxygen atoms in total. The molecule has 0 saturated carbocycles. The van der Waals surface area contributed by atoms with E-state index in [1.807, 2.05) is 49.4 Å². The first kappa shape index (κ1) is 23.8. The Morgan fingerprint density at radius 3 is 2.25 bits per heavy atom. The van der Waals surface area contributed by atoms with Gasteiger partial charge in [0.25, 0.3) is 11.8 Å². The second kappa shape index (κ2) is 11.7. The molecule has 2 amide bonds. The molecule has 0 radical (unpaired) electrons. The minimum Gasteiger partial charge on any atom is -0.492 e. The third kappa shape index (κ3) is 7.10. The van der Waals surface area contributed by atoms with E-state index in [1.54, 1.807) is 24.3 Å². The summed E-state index contributed by atoms with van der Waals surface area (Å²) in [5.41, 5.74) is 7.11. The van der Waals surface area contributed by atoms with Gasteiger partial charge in [-0.15, -0.1) is 0 Å². The molecule has 3 aromatic carbocycles. The molecule has 166 valence electrons. The van der Waals surface area contributed by atoms with E-state index in [0.29, 0.717) is 30.1 Å². The van der Waals surface area contributed by atoms with Crippen molar-refractivity contribution in [3.8, 4) is 11.5 Å². The quantitative estimate of drug-likeness (QED) is 0.380. The van der Waals surface area contributed by atoms with Gasteiger partial charge in [0.1, 0.15) is 11.5 Å². The Kier molecular flexibility index (Phi) is 8.70. The Balaban J connectivity index is 1.53. The van der Waals surface area contributed by atoms with Gasteiger partial charge in [0.15, 0.2) is 6.61 Å². The largest absolute Gasteiger partial charge is 0.492 e. The van der Waals surface area contributed by atoms with Gasteiger partial charge in [0.2, 0.25) is 0 Å². The van der Waals surface area contributed by atoms with Crippen LogP contribution < -0.4 is 20.3 Å². The van der Waals surface area contributed by atoms with Crippen LogP contribution in [0, 0.1) is 6.92 Å². The van der Waals surface area contributed by atoms with Crippen LogP contribution in [0.1, 0.15) is 21.5 Å². The summed E-state index contributed by atoms with van der Waals surface area (Å²) in [4.78, 5) is 24.8. The number of rotatable bonds is 8. The van der Waals surface area contributed by atoms with Crippen LogP contribution in [0.3, 0.4) is 0 Å². The Bertz CT molecular complexity index is 1090. The van der Waals surface area contributed by atoms with Crippen molar-refractivity contribution in [1.29, 1.82) is 0 Å². The maximum atomic E-state index is 12.6. The molecule has 0 aliphatic rings. The summed E-state index contributed by atoms with van der Waals surface area (Å²) >= 11 is 6.75. The normalized spacial score (nSPS) is 10.3. The molecule has 0 aliphatic heterocycles. The molecule has 32 heavy (non-hydrogen) atoms. The fourth-order valence-corrected chi connectivity index (χ4v) is 3.71. The number of nitrogens with one attached hydrogen (secondary N) is 2. The summed E-state index contributed by atoms with van der Waals surface area (Å²) in [5, 5.41) is 0. The Morgan fingerprint density at radius 2 is 1.53 bits per heavy atom. The molecule has 3 aromatic rings. The number of hydrogen-bond acceptors (Lipinski definition) is 4. The van der Waals surface area contributed by atoms with E-state index in [-0.39, 0.29) is 6.61 Å². The zero-order valence-corrected chi connectivity index (χ0v) is 20.5. The lowest BCUT2D eigenvalue weighted by molar-refractivity contribution is -0.123. The SMILES string of the molecule is Cc1cc(Br)ccc1OCC(=O)NNC(=O)c1cc(Br)ccc1OCCc1ccccc1. The minimum atomic E-state index is -0.491. The summed E-state index contributed by atoms with van der Waals surface area (Å²) in [6.45, 7) is 2.06. The molecule has 0 spiro atoms. The molecule has 0 saturated heterocycles. The van der Waals surface area contributed by atoms with Crippen LogP contribution >= 0.6 is 31.9 Å². The van der Waals surface area contributed by atoms with E-state index < -0.39 is 11.8 Å². The summed E-state index contributed by atoms with van der Waals surface area (Å²) < 4.78 is 13.0. The molecule has 0 heterocycles. The van der Waals surface area contributed by atoms with Crippen LogP contribution in [0.5, 0.6) is 11.5 Å². The maximum absolute atomic E-state index is 12.6. The van der Waals surface area contributed by atoms with E-state index in [2.05, 4.69) is 42.7 Å². The van der Waals surface area contributed by atoms with Crippen molar-refractivity contribution >= 4 is 43.7 Å². The number of ether oxygens (including phenoxy) is 2. The van der Waals surface area contributed by atoms with E-state index >= 15 is 0 Å². The van der Waals surface area contributed by atoms with Gasteiger partial charge < -0.3 is 9.47 Å². The smallest absolute Gasteiger partial charge is 0.276 e. The molecular weight excluding hydrogens is 540 g/mol. The van der Waals surface area contributed by atoms with E-state index in [4.69, 9.17) is 9.47 Å². The summed E-state index contributed by atoms with van der Waals surface area (Å²) in [7, 11) is 0. The van der Waals surface area contributed by atoms with Gasteiger partial charge >= 0.3 is 0 Å². The fraction of sp³-hybridized carbons (Fsp3) is 0.167. The lowest BCUT2D eigenvalue weighted by atomic mass is 10.1. The van der Waals surface area contributed by atoms with Crippen molar-refractivity contribution in [2.45, 2.75) is 13.3 Å². The third-order valence-corrected chi connectivity index (χ3v) is 5.48. The number of hydrazine groups is 1. The summed E-state index contributed by atoms with van der Waals surface area (Å²) in [5.74, 6) is 0.0461. The number of amides is 2. The average Bonchev–Trinajstić information content (AvgIpc) is 2.78. The molecule has 0 bridgehead atoms. The maximum Gasteiger partial charge on any atom is 0.276 e. The molecule has 0 aromatic heterocycles. The van der Waals surface area contributed by atoms with E-state index in [0.717, 1.165) is 20.1 Å². The second-order valence-electron chi connectivity index (χ2n) is 6.93. The van der Waals surface area contributed by atoms with Gasteiger partial charge in [-0.25, -0.2) is 0 Å². The Morgan fingerprint density at radius 1 is 0.844 bits per heavy atom. The highest BCUT2D eigenvalue weighted by molar-refractivity contribution is 9.10. The van der Waals surface area contributed by atoms with Crippen molar-refractivity contribution in [3.05, 3.63) is 92.4 Å². The first-order valence-corrected chi connectivity index (χ1v) is 11.5. The predicted octanol–water partition coefficient (Wildman–Crippen LogP) is 4.98. The highest BCUT2D eigenvalue weighted by Crippen LogP contribution is 2.24. The lowest BCUT2D eigenvalue weighted by Crippen LogP contribution is -2.44. The Hall–Kier alpha value is -2.84. The van der Waals surface area contributed by atoms with Crippen molar-refractivity contribution < 1.29 is 19.1 Å². The monoisotopic (exact) mass is 560 g/mol. The van der Waals surface area contributed by atoms with Crippen LogP contribution in [0.2, 0.25) is 0 Å². The predicted molar refractivity (Wildman–Crippen MR) is 130 cm³/mol. The van der Waals surface area contributed by atoms with Gasteiger partial charge in [0, 0.05) is 15.4 Å². The van der Waals surface area contributed by atoms with Crippen LogP contribution in [0.25, 0.3) is 0 Å². The highest BCUT2D eigenvalue weighted by Gasteiger charge is 2.15. The lowest BCUT2D eigenvalue weighted by Gasteiger charge is -2.13. The molecule has 0 fully saturated rings. The topological polar surface area (TPSA) is 76.7 Å². The van der Waals surface area contributed by atoms with Crippen molar-refractivity contribution in [3.63, 3.8) is 0 Å². The minimum absolute atomic E-state index is 0.234. The molecule has 0 aliphatic carbocycles. The van der Waals surface area contributed by atoms with Crippen molar-refractivity contribution in [2.75, 3.05) is 13.2 Å². The van der Waals surface area contributed by atoms with Crippen LogP contribution in [-0.2, 0) is 11.2 Å². The molecule has 0 atom stereocenters. The van der Waals surface area contributed by atoms with E-state index in [1.165, 1.54) is 0 Å². The molecular formula is C24H22Br2N2O4. The van der Waals surface area contributed by atoms with Crippen molar-refractivity contribution in [2.24, 2.45) is 0 Å². The number of halogens is 2. The van der Waals surface area contributed by atoms with E-state index in [9.17, 15) is 9.59 Å². The zero-order valence-electron chi connectivity index (χ0n) is 17.4. The van der Waals surface area contributed by atoms with Gasteiger partial charge in [-0.2, -0.15) is 0 Å². The first-order chi connectivity index (χ1) is 15.4. The fourth-order valence-electron chi connectivity index (χ4n) is 2.88. The third-order valence-electron chi connectivity index (χ3n) is 4.49. The van der Waals surface area contributed by atoms with Crippen LogP contribution in [-0.4, -0.2) is 25.0 Å². The zero-order chi connectivity index (χ0) is 22.9. The molecule has 2 N–H and O–H groups in total. The number of aryl methyl sites for hydroxylation is 1. The number of benzene rings is 3. The summed E-state index contributed by atoms with van der Waals surface area (Å²) in [6.07, 6.45) is 0.710. The van der Waals surface area contributed by atoms with Crippen molar-refractivity contribution in [1.82, 2.24) is 10.9 Å². The highest BCUT2D eigenvalue weighted by atomic mass is 79.9.